The molecule has 1 saturated heterocycles. The van der Waals surface area contributed by atoms with Gasteiger partial charge in [-0.1, -0.05) is 30.3 Å². The van der Waals surface area contributed by atoms with Crippen molar-refractivity contribution in [1.82, 2.24) is 15.5 Å². The van der Waals surface area contributed by atoms with Crippen LogP contribution < -0.4 is 16.4 Å². The summed E-state index contributed by atoms with van der Waals surface area (Å²) in [5.41, 5.74) is 6.28. The number of nitrogens with two attached hydrogens (primary N) is 1. The molecule has 0 spiro atoms. The molecule has 11 nitrogen and oxygen atoms in total. The van der Waals surface area contributed by atoms with E-state index >= 15 is 0 Å². The number of nitrogens with zero attached hydrogens (tertiary/aromatic N) is 1. The Morgan fingerprint density at radius 3 is 2.27 bits per heavy atom. The van der Waals surface area contributed by atoms with Gasteiger partial charge in [-0.25, -0.2) is 4.79 Å². The van der Waals surface area contributed by atoms with Gasteiger partial charge in [-0.05, 0) is 31.7 Å². The number of amides is 3. The van der Waals surface area contributed by atoms with Crippen molar-refractivity contribution in [3.8, 4) is 0 Å². The average Bonchev–Trinajstić information content (AvgIpc) is 3.26. The summed E-state index contributed by atoms with van der Waals surface area (Å²) in [6, 6.07) is 4.65. The third kappa shape index (κ3) is 7.56. The lowest BCUT2D eigenvalue weighted by molar-refractivity contribution is -0.149. The molecule has 1 aromatic carbocycles. The second-order valence-corrected chi connectivity index (χ2v) is 8.06. The highest BCUT2D eigenvalue weighted by Gasteiger charge is 2.38. The van der Waals surface area contributed by atoms with Gasteiger partial charge in [0.25, 0.3) is 0 Å². The van der Waals surface area contributed by atoms with E-state index < -0.39 is 53.8 Å². The number of carbonyl (C=O) groups excluding carboxylic acids is 3. The van der Waals surface area contributed by atoms with E-state index in [4.69, 9.17) is 10.8 Å². The van der Waals surface area contributed by atoms with Crippen LogP contribution in [0.5, 0.6) is 0 Å². The Morgan fingerprint density at radius 1 is 1.06 bits per heavy atom. The van der Waals surface area contributed by atoms with Crippen molar-refractivity contribution in [2.24, 2.45) is 5.73 Å². The molecule has 33 heavy (non-hydrogen) atoms. The molecule has 0 aromatic heterocycles. The lowest BCUT2D eigenvalue weighted by Gasteiger charge is -2.29. The van der Waals surface area contributed by atoms with Crippen LogP contribution in [0.3, 0.4) is 0 Å². The van der Waals surface area contributed by atoms with Crippen molar-refractivity contribution in [1.29, 1.82) is 0 Å². The topological polar surface area (TPSA) is 179 Å². The van der Waals surface area contributed by atoms with Gasteiger partial charge in [-0.2, -0.15) is 0 Å². The van der Waals surface area contributed by atoms with Crippen LogP contribution in [0.2, 0.25) is 0 Å². The third-order valence-electron chi connectivity index (χ3n) is 5.41. The summed E-state index contributed by atoms with van der Waals surface area (Å²) in [5, 5.41) is 23.5. The molecule has 1 aliphatic rings. The normalized spacial score (nSPS) is 18.1. The van der Waals surface area contributed by atoms with Crippen LogP contribution >= 0.6 is 0 Å². The number of aliphatic carboxylic acids is 2. The van der Waals surface area contributed by atoms with Crippen molar-refractivity contribution in [2.75, 3.05) is 6.54 Å². The summed E-state index contributed by atoms with van der Waals surface area (Å²) >= 11 is 0. The Hall–Kier alpha value is -3.47. The SMILES string of the molecule is CC(N)C(=O)NC(CCC(=O)O)C(=O)NC(Cc1ccccc1)C(=O)N1CCCC1C(=O)O. The number of benzene rings is 1. The summed E-state index contributed by atoms with van der Waals surface area (Å²) in [4.78, 5) is 62.1. The van der Waals surface area contributed by atoms with E-state index in [0.29, 0.717) is 12.8 Å². The minimum absolute atomic E-state index is 0.0984. The molecule has 11 heteroatoms. The second kappa shape index (κ2) is 12.0. The van der Waals surface area contributed by atoms with Gasteiger partial charge in [0.2, 0.25) is 17.7 Å². The molecule has 1 fully saturated rings. The van der Waals surface area contributed by atoms with Gasteiger partial charge in [0, 0.05) is 19.4 Å². The Morgan fingerprint density at radius 2 is 1.70 bits per heavy atom. The average molecular weight is 463 g/mol. The molecule has 6 N–H and O–H groups in total. The maximum absolute atomic E-state index is 13.3. The number of nitrogens with one attached hydrogen (secondary N) is 2. The molecular formula is C22H30N4O7. The first-order valence-electron chi connectivity index (χ1n) is 10.8. The molecule has 3 amide bonds. The van der Waals surface area contributed by atoms with E-state index in [1.165, 1.54) is 11.8 Å². The summed E-state index contributed by atoms with van der Waals surface area (Å²) in [7, 11) is 0. The fourth-order valence-electron chi connectivity index (χ4n) is 3.65. The zero-order chi connectivity index (χ0) is 24.5. The van der Waals surface area contributed by atoms with Gasteiger partial charge >= 0.3 is 11.9 Å². The number of carboxylic acid groups (broad SMARTS) is 2. The van der Waals surface area contributed by atoms with Crippen LogP contribution in [0.4, 0.5) is 0 Å². The Labute approximate surface area is 191 Å². The van der Waals surface area contributed by atoms with Crippen LogP contribution in [0.15, 0.2) is 30.3 Å². The van der Waals surface area contributed by atoms with Crippen molar-refractivity contribution in [2.45, 2.75) is 63.2 Å². The number of hydrogen-bond acceptors (Lipinski definition) is 6. The van der Waals surface area contributed by atoms with E-state index in [1.807, 2.05) is 0 Å². The van der Waals surface area contributed by atoms with E-state index in [9.17, 15) is 29.1 Å². The Balaban J connectivity index is 2.25. The number of hydrogen-bond donors (Lipinski definition) is 5. The molecule has 0 bridgehead atoms. The van der Waals surface area contributed by atoms with Gasteiger partial charge in [0.1, 0.15) is 18.1 Å². The van der Waals surface area contributed by atoms with E-state index in [2.05, 4.69) is 10.6 Å². The number of rotatable bonds is 11. The van der Waals surface area contributed by atoms with Crippen LogP contribution in [-0.4, -0.2) is 75.5 Å². The first-order chi connectivity index (χ1) is 15.6. The van der Waals surface area contributed by atoms with Gasteiger partial charge < -0.3 is 31.5 Å². The van der Waals surface area contributed by atoms with Gasteiger partial charge in [0.05, 0.1) is 6.04 Å². The number of carboxylic acids is 2. The molecule has 0 aliphatic carbocycles. The first kappa shape index (κ1) is 25.8. The number of carbonyl (C=O) groups is 5. The van der Waals surface area contributed by atoms with Crippen molar-refractivity contribution in [3.05, 3.63) is 35.9 Å². The fraction of sp³-hybridized carbons (Fsp3) is 0.500. The minimum atomic E-state index is -1.22. The molecule has 2 rings (SSSR count). The highest BCUT2D eigenvalue weighted by atomic mass is 16.4. The van der Waals surface area contributed by atoms with Crippen LogP contribution in [0, 0.1) is 0 Å². The molecule has 1 aromatic rings. The maximum Gasteiger partial charge on any atom is 0.326 e. The molecule has 1 heterocycles. The Bertz CT molecular complexity index is 875. The second-order valence-electron chi connectivity index (χ2n) is 8.06. The highest BCUT2D eigenvalue weighted by molar-refractivity contribution is 5.94. The molecular weight excluding hydrogens is 432 g/mol. The van der Waals surface area contributed by atoms with E-state index in [0.717, 1.165) is 5.56 Å². The van der Waals surface area contributed by atoms with Gasteiger partial charge in [-0.3, -0.25) is 19.2 Å². The third-order valence-corrected chi connectivity index (χ3v) is 5.41. The van der Waals surface area contributed by atoms with Crippen LogP contribution in [0.1, 0.15) is 38.2 Å². The van der Waals surface area contributed by atoms with E-state index in [-0.39, 0.29) is 25.8 Å². The largest absolute Gasteiger partial charge is 0.481 e. The minimum Gasteiger partial charge on any atom is -0.481 e. The zero-order valence-corrected chi connectivity index (χ0v) is 18.4. The predicted molar refractivity (Wildman–Crippen MR) is 117 cm³/mol. The monoisotopic (exact) mass is 462 g/mol. The first-order valence-corrected chi connectivity index (χ1v) is 10.8. The smallest absolute Gasteiger partial charge is 0.326 e. The van der Waals surface area contributed by atoms with Crippen LogP contribution in [0.25, 0.3) is 0 Å². The van der Waals surface area contributed by atoms with Crippen LogP contribution in [-0.2, 0) is 30.4 Å². The van der Waals surface area contributed by atoms with E-state index in [1.54, 1.807) is 30.3 Å². The number of likely N-dealkylation sites (tertiary alicyclic amines) is 1. The molecule has 0 saturated carbocycles. The molecule has 0 radical (unpaired) electrons. The summed E-state index contributed by atoms with van der Waals surface area (Å²) < 4.78 is 0. The summed E-state index contributed by atoms with van der Waals surface area (Å²) in [6.07, 6.45) is 0.357. The maximum atomic E-state index is 13.3. The zero-order valence-electron chi connectivity index (χ0n) is 18.4. The predicted octanol–water partition coefficient (Wildman–Crippen LogP) is -0.514. The van der Waals surface area contributed by atoms with Gasteiger partial charge in [-0.15, -0.1) is 0 Å². The molecule has 4 unspecified atom stereocenters. The Kier molecular flexibility index (Phi) is 9.34. The molecule has 180 valence electrons. The highest BCUT2D eigenvalue weighted by Crippen LogP contribution is 2.20. The lowest BCUT2D eigenvalue weighted by atomic mass is 10.0. The van der Waals surface area contributed by atoms with Crippen molar-refractivity contribution < 1.29 is 34.2 Å². The fourth-order valence-corrected chi connectivity index (χ4v) is 3.65. The van der Waals surface area contributed by atoms with Crippen molar-refractivity contribution >= 4 is 29.7 Å². The molecule has 1 aliphatic heterocycles. The summed E-state index contributed by atoms with van der Waals surface area (Å²) in [6.45, 7) is 1.67. The quantitative estimate of drug-likeness (QED) is 0.291. The van der Waals surface area contributed by atoms with Crippen molar-refractivity contribution in [3.63, 3.8) is 0 Å². The molecule has 4 atom stereocenters. The standard InChI is InChI=1S/C22H30N4O7/c1-13(23)19(29)24-15(9-10-18(27)28)20(30)25-16(12-14-6-3-2-4-7-14)21(31)26-11-5-8-17(26)22(32)33/h2-4,6-7,13,15-17H,5,8-12,23H2,1H3,(H,24,29)(H,25,30)(H,27,28)(H,32,33). The summed E-state index contributed by atoms with van der Waals surface area (Å²) in [5.74, 6) is -4.20. The lowest BCUT2D eigenvalue weighted by Crippen LogP contribution is -2.57. The van der Waals surface area contributed by atoms with Gasteiger partial charge in [0.15, 0.2) is 0 Å².